The van der Waals surface area contributed by atoms with Gasteiger partial charge >= 0.3 is 0 Å². The highest BCUT2D eigenvalue weighted by molar-refractivity contribution is 5.89. The minimum Gasteiger partial charge on any atom is -0.314 e. The Morgan fingerprint density at radius 2 is 2.05 bits per heavy atom. The molecule has 20 heavy (non-hydrogen) atoms. The third-order valence-electron chi connectivity index (χ3n) is 4.12. The Bertz CT molecular complexity index is 458. The lowest BCUT2D eigenvalue weighted by atomic mass is 9.92. The van der Waals surface area contributed by atoms with E-state index in [1.807, 2.05) is 30.8 Å². The molecule has 0 atom stereocenters. The number of carbonyl (C=O) groups excluding carboxylic acids is 1. The standard InChI is InChI=1S/C15H26N4O/c1-12(2)19-8-5-13(17-19)11-14(20)15(3,4)18-9-6-16-7-10-18/h5,8,12,16H,6-7,9-11H2,1-4H3. The van der Waals surface area contributed by atoms with Crippen LogP contribution in [0, 0.1) is 0 Å². The van der Waals surface area contributed by atoms with Gasteiger partial charge in [-0.15, -0.1) is 0 Å². The number of ketones is 1. The van der Waals surface area contributed by atoms with E-state index in [1.54, 1.807) is 0 Å². The summed E-state index contributed by atoms with van der Waals surface area (Å²) in [7, 11) is 0. The Hall–Kier alpha value is -1.20. The number of Topliss-reactive ketones (excluding diaryl/α,β-unsaturated/α-hetero) is 1. The molecule has 5 nitrogen and oxygen atoms in total. The number of carbonyl (C=O) groups is 1. The smallest absolute Gasteiger partial charge is 0.158 e. The van der Waals surface area contributed by atoms with Crippen LogP contribution in [0.2, 0.25) is 0 Å². The number of rotatable bonds is 5. The first-order chi connectivity index (χ1) is 9.41. The lowest BCUT2D eigenvalue weighted by molar-refractivity contribution is -0.129. The molecule has 0 radical (unpaired) electrons. The number of aromatic nitrogens is 2. The second-order valence-corrected chi connectivity index (χ2v) is 6.28. The topological polar surface area (TPSA) is 50.2 Å². The van der Waals surface area contributed by atoms with Gasteiger partial charge in [-0.3, -0.25) is 14.4 Å². The average molecular weight is 278 g/mol. The molecule has 0 aliphatic carbocycles. The molecule has 0 saturated carbocycles. The van der Waals surface area contributed by atoms with Crippen molar-refractivity contribution in [1.29, 1.82) is 0 Å². The predicted octanol–water partition coefficient (Wildman–Crippen LogP) is 1.26. The van der Waals surface area contributed by atoms with E-state index >= 15 is 0 Å². The third kappa shape index (κ3) is 3.27. The summed E-state index contributed by atoms with van der Waals surface area (Å²) >= 11 is 0. The molecule has 5 heteroatoms. The summed E-state index contributed by atoms with van der Waals surface area (Å²) in [6.07, 6.45) is 2.36. The van der Waals surface area contributed by atoms with Crippen LogP contribution in [0.5, 0.6) is 0 Å². The summed E-state index contributed by atoms with van der Waals surface area (Å²) in [5.41, 5.74) is 0.455. The second-order valence-electron chi connectivity index (χ2n) is 6.28. The van der Waals surface area contributed by atoms with Gasteiger partial charge in [-0.25, -0.2) is 0 Å². The zero-order valence-corrected chi connectivity index (χ0v) is 13.0. The normalized spacial score (nSPS) is 17.6. The van der Waals surface area contributed by atoms with Gasteiger partial charge < -0.3 is 5.32 Å². The Morgan fingerprint density at radius 1 is 1.40 bits per heavy atom. The molecule has 0 amide bonds. The first-order valence-electron chi connectivity index (χ1n) is 7.44. The highest BCUT2D eigenvalue weighted by Gasteiger charge is 2.34. The van der Waals surface area contributed by atoms with Gasteiger partial charge in [0.15, 0.2) is 5.78 Å². The first-order valence-corrected chi connectivity index (χ1v) is 7.44. The van der Waals surface area contributed by atoms with Crippen molar-refractivity contribution in [2.24, 2.45) is 0 Å². The lowest BCUT2D eigenvalue weighted by Crippen LogP contribution is -2.57. The van der Waals surface area contributed by atoms with Gasteiger partial charge in [-0.2, -0.15) is 5.10 Å². The van der Waals surface area contributed by atoms with Crippen molar-refractivity contribution in [2.75, 3.05) is 26.2 Å². The largest absolute Gasteiger partial charge is 0.314 e. The van der Waals surface area contributed by atoms with Crippen LogP contribution in [0.3, 0.4) is 0 Å². The van der Waals surface area contributed by atoms with E-state index in [9.17, 15) is 4.79 Å². The summed E-state index contributed by atoms with van der Waals surface area (Å²) in [6, 6.07) is 2.28. The van der Waals surface area contributed by atoms with E-state index in [2.05, 4.69) is 29.2 Å². The molecular weight excluding hydrogens is 252 g/mol. The molecule has 1 saturated heterocycles. The van der Waals surface area contributed by atoms with E-state index in [-0.39, 0.29) is 5.78 Å². The maximum Gasteiger partial charge on any atom is 0.158 e. The van der Waals surface area contributed by atoms with E-state index < -0.39 is 5.54 Å². The minimum absolute atomic E-state index is 0.244. The van der Waals surface area contributed by atoms with Crippen LogP contribution < -0.4 is 5.32 Å². The number of nitrogens with zero attached hydrogens (tertiary/aromatic N) is 3. The third-order valence-corrected chi connectivity index (χ3v) is 4.12. The van der Waals surface area contributed by atoms with Gasteiger partial charge in [0.05, 0.1) is 17.7 Å². The van der Waals surface area contributed by atoms with Crippen LogP contribution in [0.4, 0.5) is 0 Å². The van der Waals surface area contributed by atoms with Gasteiger partial charge in [0.2, 0.25) is 0 Å². The second kappa shape index (κ2) is 6.06. The van der Waals surface area contributed by atoms with Gasteiger partial charge in [0.1, 0.15) is 0 Å². The molecular formula is C15H26N4O. The molecule has 2 rings (SSSR count). The van der Waals surface area contributed by atoms with Crippen molar-refractivity contribution in [3.8, 4) is 0 Å². The molecule has 1 aliphatic rings. The molecule has 1 fully saturated rings. The number of hydrogen-bond donors (Lipinski definition) is 1. The Balaban J connectivity index is 2.01. The fourth-order valence-electron chi connectivity index (χ4n) is 2.54. The van der Waals surface area contributed by atoms with Crippen molar-refractivity contribution < 1.29 is 4.79 Å². The van der Waals surface area contributed by atoms with E-state index in [0.717, 1.165) is 31.9 Å². The monoisotopic (exact) mass is 278 g/mol. The maximum atomic E-state index is 12.6. The Morgan fingerprint density at radius 3 is 2.60 bits per heavy atom. The van der Waals surface area contributed by atoms with E-state index in [1.165, 1.54) is 0 Å². The van der Waals surface area contributed by atoms with Gasteiger partial charge in [-0.1, -0.05) is 0 Å². The molecule has 2 heterocycles. The van der Waals surface area contributed by atoms with Crippen molar-refractivity contribution in [1.82, 2.24) is 20.0 Å². The summed E-state index contributed by atoms with van der Waals surface area (Å²) in [5, 5.41) is 7.80. The number of piperazine rings is 1. The summed E-state index contributed by atoms with van der Waals surface area (Å²) in [6.45, 7) is 12.0. The number of nitrogens with one attached hydrogen (secondary N) is 1. The fraction of sp³-hybridized carbons (Fsp3) is 0.733. The van der Waals surface area contributed by atoms with Gasteiger partial charge in [0.25, 0.3) is 0 Å². The van der Waals surface area contributed by atoms with E-state index in [4.69, 9.17) is 0 Å². The lowest BCUT2D eigenvalue weighted by Gasteiger charge is -2.39. The molecule has 0 unspecified atom stereocenters. The molecule has 1 aromatic rings. The first kappa shape index (κ1) is 15.2. The summed E-state index contributed by atoms with van der Waals surface area (Å²) < 4.78 is 1.90. The molecule has 1 N–H and O–H groups in total. The predicted molar refractivity (Wildman–Crippen MR) is 79.8 cm³/mol. The van der Waals surface area contributed by atoms with E-state index in [0.29, 0.717) is 12.5 Å². The molecule has 112 valence electrons. The van der Waals surface area contributed by atoms with Crippen LogP contribution in [-0.2, 0) is 11.2 Å². The Labute approximate surface area is 121 Å². The average Bonchev–Trinajstić information content (AvgIpc) is 2.88. The zero-order valence-electron chi connectivity index (χ0n) is 13.0. The van der Waals surface area contributed by atoms with Crippen LogP contribution in [-0.4, -0.2) is 52.2 Å². The quantitative estimate of drug-likeness (QED) is 0.881. The molecule has 1 aliphatic heterocycles. The minimum atomic E-state index is -0.413. The van der Waals surface area contributed by atoms with Crippen LogP contribution in [0.25, 0.3) is 0 Å². The van der Waals surface area contributed by atoms with Crippen LogP contribution in [0.15, 0.2) is 12.3 Å². The van der Waals surface area contributed by atoms with Gasteiger partial charge in [-0.05, 0) is 33.8 Å². The number of hydrogen-bond acceptors (Lipinski definition) is 4. The van der Waals surface area contributed by atoms with Crippen molar-refractivity contribution in [3.05, 3.63) is 18.0 Å². The fourth-order valence-corrected chi connectivity index (χ4v) is 2.54. The highest BCUT2D eigenvalue weighted by atomic mass is 16.1. The molecule has 0 spiro atoms. The molecule has 0 bridgehead atoms. The van der Waals surface area contributed by atoms with Crippen LogP contribution in [0.1, 0.15) is 39.4 Å². The van der Waals surface area contributed by atoms with Crippen molar-refractivity contribution in [3.63, 3.8) is 0 Å². The van der Waals surface area contributed by atoms with Gasteiger partial charge in [0, 0.05) is 38.4 Å². The molecule has 1 aromatic heterocycles. The highest BCUT2D eigenvalue weighted by Crippen LogP contribution is 2.18. The summed E-state index contributed by atoms with van der Waals surface area (Å²) in [5.74, 6) is 0.244. The molecule has 0 aromatic carbocycles. The maximum absolute atomic E-state index is 12.6. The van der Waals surface area contributed by atoms with Crippen LogP contribution >= 0.6 is 0 Å². The zero-order chi connectivity index (χ0) is 14.8. The Kier molecular flexibility index (Phi) is 4.60. The SMILES string of the molecule is CC(C)n1ccc(CC(=O)C(C)(C)N2CCNCC2)n1. The van der Waals surface area contributed by atoms with Crippen molar-refractivity contribution in [2.45, 2.75) is 45.7 Å². The van der Waals surface area contributed by atoms with Crippen molar-refractivity contribution >= 4 is 5.78 Å². The summed E-state index contributed by atoms with van der Waals surface area (Å²) in [4.78, 5) is 14.9.